The molecule has 0 spiro atoms. The summed E-state index contributed by atoms with van der Waals surface area (Å²) in [4.78, 5) is 0. The zero-order valence-electron chi connectivity index (χ0n) is 15.4. The van der Waals surface area contributed by atoms with Crippen molar-refractivity contribution < 1.29 is 30.8 Å². The first-order chi connectivity index (χ1) is 11.8. The van der Waals surface area contributed by atoms with Gasteiger partial charge in [-0.2, -0.15) is 13.2 Å². The van der Waals surface area contributed by atoms with Crippen molar-refractivity contribution in [2.75, 3.05) is 0 Å². The van der Waals surface area contributed by atoms with Crippen LogP contribution in [0.4, 0.5) is 26.3 Å². The molecule has 1 aromatic rings. The molecule has 0 amide bonds. The number of fused-ring (bicyclic) bond motifs is 1. The largest absolute Gasteiger partial charge is 0.539 e. The van der Waals surface area contributed by atoms with E-state index in [1.807, 2.05) is 41.5 Å². The zero-order valence-corrected chi connectivity index (χ0v) is 16.4. The van der Waals surface area contributed by atoms with Gasteiger partial charge in [0.15, 0.2) is 17.4 Å². The molecule has 26 heavy (non-hydrogen) atoms. The van der Waals surface area contributed by atoms with E-state index in [9.17, 15) is 26.3 Å². The maximum absolute atomic E-state index is 14.8. The smallest absolute Gasteiger partial charge is 0.305 e. The van der Waals surface area contributed by atoms with Gasteiger partial charge < -0.3 is 4.43 Å². The van der Waals surface area contributed by atoms with Crippen LogP contribution in [0.1, 0.15) is 52.7 Å². The molecule has 2 rings (SSSR count). The predicted molar refractivity (Wildman–Crippen MR) is 89.6 cm³/mol. The lowest BCUT2D eigenvalue weighted by atomic mass is 10.1. The minimum absolute atomic E-state index is 0.139. The van der Waals surface area contributed by atoms with E-state index < -0.39 is 54.4 Å². The van der Waals surface area contributed by atoms with Gasteiger partial charge in [0, 0.05) is 0 Å². The molecule has 0 aliphatic heterocycles. The topological polar surface area (TPSA) is 9.23 Å². The van der Waals surface area contributed by atoms with Crippen LogP contribution < -0.4 is 4.43 Å². The Kier molecular flexibility index (Phi) is 5.31. The molecule has 0 fully saturated rings. The van der Waals surface area contributed by atoms with Gasteiger partial charge >= 0.3 is 5.92 Å². The SMILES string of the molecule is CC(C)[Si](Oc1c(F)c(F)c2c(c1F)C(F)(F)[C]=C2F)(C(C)C)C(C)C. The molecule has 145 valence electrons. The first-order valence-corrected chi connectivity index (χ1v) is 10.5. The van der Waals surface area contributed by atoms with Gasteiger partial charge in [0.2, 0.25) is 5.82 Å². The van der Waals surface area contributed by atoms with Gasteiger partial charge in [-0.05, 0) is 16.6 Å². The van der Waals surface area contributed by atoms with Gasteiger partial charge in [-0.25, -0.2) is 13.2 Å². The Morgan fingerprint density at radius 1 is 0.808 bits per heavy atom. The highest BCUT2D eigenvalue weighted by Crippen LogP contribution is 2.50. The molecule has 1 aliphatic carbocycles. The fourth-order valence-electron chi connectivity index (χ4n) is 4.02. The highest BCUT2D eigenvalue weighted by Gasteiger charge is 2.51. The highest BCUT2D eigenvalue weighted by atomic mass is 28.4. The van der Waals surface area contributed by atoms with Crippen molar-refractivity contribution in [2.45, 2.75) is 64.1 Å². The number of hydrogen-bond donors (Lipinski definition) is 0. The van der Waals surface area contributed by atoms with Crippen molar-refractivity contribution in [1.82, 2.24) is 0 Å². The van der Waals surface area contributed by atoms with Crippen molar-refractivity contribution >= 4 is 14.1 Å². The second-order valence-corrected chi connectivity index (χ2v) is 12.8. The second kappa shape index (κ2) is 6.62. The van der Waals surface area contributed by atoms with Gasteiger partial charge in [-0.1, -0.05) is 41.5 Å². The summed E-state index contributed by atoms with van der Waals surface area (Å²) in [5.74, 6) is -12.7. The third-order valence-electron chi connectivity index (χ3n) is 5.07. The molecule has 1 aromatic carbocycles. The van der Waals surface area contributed by atoms with Crippen LogP contribution in [0.15, 0.2) is 0 Å². The van der Waals surface area contributed by atoms with Crippen LogP contribution in [0.3, 0.4) is 0 Å². The minimum atomic E-state index is -4.20. The summed E-state index contributed by atoms with van der Waals surface area (Å²) in [6, 6.07) is 0. The fourth-order valence-corrected chi connectivity index (χ4v) is 9.26. The molecule has 0 N–H and O–H groups in total. The molecule has 0 bridgehead atoms. The molecular weight excluding hydrogens is 374 g/mol. The number of hydrogen-bond acceptors (Lipinski definition) is 1. The Balaban J connectivity index is 2.76. The first kappa shape index (κ1) is 20.9. The average Bonchev–Trinajstić information content (AvgIpc) is 2.73. The predicted octanol–water partition coefficient (Wildman–Crippen LogP) is 6.88. The molecule has 0 saturated heterocycles. The Hall–Kier alpha value is -1.44. The van der Waals surface area contributed by atoms with E-state index in [4.69, 9.17) is 4.43 Å². The van der Waals surface area contributed by atoms with E-state index >= 15 is 0 Å². The van der Waals surface area contributed by atoms with Crippen LogP contribution in [0, 0.1) is 23.5 Å². The monoisotopic (exact) mass is 395 g/mol. The van der Waals surface area contributed by atoms with Crippen molar-refractivity contribution in [3.8, 4) is 5.75 Å². The number of halogens is 6. The Morgan fingerprint density at radius 2 is 1.27 bits per heavy atom. The summed E-state index contributed by atoms with van der Waals surface area (Å²) in [5, 5.41) is 0. The Labute approximate surface area is 150 Å². The molecule has 0 aromatic heterocycles. The molecule has 0 atom stereocenters. The molecule has 8 heteroatoms. The minimum Gasteiger partial charge on any atom is -0.539 e. The average molecular weight is 395 g/mol. The number of rotatable bonds is 5. The van der Waals surface area contributed by atoms with Crippen LogP contribution in [0.2, 0.25) is 16.6 Å². The third kappa shape index (κ3) is 2.86. The van der Waals surface area contributed by atoms with E-state index in [-0.39, 0.29) is 16.6 Å². The van der Waals surface area contributed by atoms with Gasteiger partial charge in [0.05, 0.1) is 17.2 Å². The molecular formula is C18H21F6OSi. The van der Waals surface area contributed by atoms with E-state index in [0.29, 0.717) is 0 Å². The standard InChI is InChI=1S/C18H21F6OSi/c1-8(2)26(9(3)4,10(5)6)25-17-15(21)13-12(14(20)16(17)22)11(19)7-18(13,23)24/h8-10H,1-6H3. The number of alkyl halides is 2. The van der Waals surface area contributed by atoms with Gasteiger partial charge in [0.25, 0.3) is 8.32 Å². The summed E-state index contributed by atoms with van der Waals surface area (Å²) in [5.41, 5.74) is -3.41. The number of allylic oxidation sites excluding steroid dienone is 1. The molecule has 1 radical (unpaired) electrons. The zero-order chi connectivity index (χ0) is 20.2. The molecule has 1 aliphatic rings. The van der Waals surface area contributed by atoms with E-state index in [1.54, 1.807) is 0 Å². The van der Waals surface area contributed by atoms with E-state index in [1.165, 1.54) is 0 Å². The lowest BCUT2D eigenvalue weighted by Crippen LogP contribution is -2.51. The summed E-state index contributed by atoms with van der Waals surface area (Å²) >= 11 is 0. The highest BCUT2D eigenvalue weighted by molar-refractivity contribution is 6.78. The summed E-state index contributed by atoms with van der Waals surface area (Å²) < 4.78 is 90.7. The quantitative estimate of drug-likeness (QED) is 0.300. The molecule has 0 heterocycles. The van der Waals surface area contributed by atoms with Crippen LogP contribution in [0.5, 0.6) is 5.75 Å². The molecule has 0 unspecified atom stereocenters. The van der Waals surface area contributed by atoms with Crippen molar-refractivity contribution in [2.24, 2.45) is 0 Å². The van der Waals surface area contributed by atoms with E-state index in [2.05, 4.69) is 0 Å². The Morgan fingerprint density at radius 3 is 1.69 bits per heavy atom. The lowest BCUT2D eigenvalue weighted by molar-refractivity contribution is 0.0421. The van der Waals surface area contributed by atoms with Crippen LogP contribution >= 0.6 is 0 Å². The fraction of sp³-hybridized carbons (Fsp3) is 0.556. The van der Waals surface area contributed by atoms with Gasteiger partial charge in [-0.15, -0.1) is 0 Å². The van der Waals surface area contributed by atoms with Crippen molar-refractivity contribution in [1.29, 1.82) is 0 Å². The lowest BCUT2D eigenvalue weighted by Gasteiger charge is -2.42. The van der Waals surface area contributed by atoms with Gasteiger partial charge in [-0.3, -0.25) is 0 Å². The van der Waals surface area contributed by atoms with E-state index in [0.717, 1.165) is 6.08 Å². The van der Waals surface area contributed by atoms with Crippen LogP contribution in [-0.2, 0) is 5.92 Å². The molecule has 0 saturated carbocycles. The summed E-state index contributed by atoms with van der Waals surface area (Å²) in [7, 11) is -2.96. The van der Waals surface area contributed by atoms with Crippen LogP contribution in [0.25, 0.3) is 5.83 Å². The summed E-state index contributed by atoms with van der Waals surface area (Å²) in [6.07, 6.45) is 1.05. The normalized spacial score (nSPS) is 16.5. The summed E-state index contributed by atoms with van der Waals surface area (Å²) in [6.45, 7) is 10.9. The number of benzene rings is 1. The maximum Gasteiger partial charge on any atom is 0.305 e. The second-order valence-electron chi connectivity index (χ2n) is 7.45. The van der Waals surface area contributed by atoms with Crippen LogP contribution in [-0.4, -0.2) is 8.32 Å². The van der Waals surface area contributed by atoms with Gasteiger partial charge in [0.1, 0.15) is 5.83 Å². The molecule has 1 nitrogen and oxygen atoms in total. The maximum atomic E-state index is 14.8. The van der Waals surface area contributed by atoms with Crippen molar-refractivity contribution in [3.05, 3.63) is 34.7 Å². The van der Waals surface area contributed by atoms with Crippen molar-refractivity contribution in [3.63, 3.8) is 0 Å². The Bertz CT molecular complexity index is 733. The first-order valence-electron chi connectivity index (χ1n) is 8.37. The third-order valence-corrected chi connectivity index (χ3v) is 11.0.